The molecule has 0 aromatic heterocycles. The van der Waals surface area contributed by atoms with Crippen LogP contribution in [0, 0.1) is 11.8 Å². The standard InChI is InChI=1S/C22H27NO7/c1-5-29-21(27)14-9-15(22(28)30-6-2)11-16(10-14)23-19(24)17-7-12(3)13(4)8-18(17)20(25)26/h9-11,17-18H,5-8H2,1-4H3,(H,23,24)(H,25,26)/t17-,18+/m1/s1. The normalized spacial score (nSPS) is 18.5. The molecule has 1 amide bonds. The van der Waals surface area contributed by atoms with Crippen molar-refractivity contribution in [2.24, 2.45) is 11.8 Å². The molecule has 30 heavy (non-hydrogen) atoms. The van der Waals surface area contributed by atoms with Gasteiger partial charge in [-0.25, -0.2) is 9.59 Å². The molecule has 0 saturated heterocycles. The number of nitrogens with one attached hydrogen (secondary N) is 1. The molecule has 2 N–H and O–H groups in total. The summed E-state index contributed by atoms with van der Waals surface area (Å²) >= 11 is 0. The molecule has 1 aromatic carbocycles. The highest BCUT2D eigenvalue weighted by Gasteiger charge is 2.37. The van der Waals surface area contributed by atoms with Gasteiger partial charge in [-0.3, -0.25) is 9.59 Å². The number of hydrogen-bond acceptors (Lipinski definition) is 6. The third-order valence-electron chi connectivity index (χ3n) is 5.14. The van der Waals surface area contributed by atoms with E-state index >= 15 is 0 Å². The molecule has 8 nitrogen and oxygen atoms in total. The number of carbonyl (C=O) groups is 4. The third-order valence-corrected chi connectivity index (χ3v) is 5.14. The van der Waals surface area contributed by atoms with Gasteiger partial charge in [-0.05, 0) is 58.7 Å². The zero-order valence-corrected chi connectivity index (χ0v) is 17.6. The second-order valence-electron chi connectivity index (χ2n) is 7.25. The second-order valence-corrected chi connectivity index (χ2v) is 7.25. The lowest BCUT2D eigenvalue weighted by atomic mass is 9.76. The second kappa shape index (κ2) is 10.0. The number of anilines is 1. The van der Waals surface area contributed by atoms with Gasteiger partial charge < -0.3 is 19.9 Å². The van der Waals surface area contributed by atoms with Crippen molar-refractivity contribution in [3.63, 3.8) is 0 Å². The molecule has 0 aliphatic heterocycles. The van der Waals surface area contributed by atoms with Gasteiger partial charge in [0.15, 0.2) is 0 Å². The van der Waals surface area contributed by atoms with Crippen LogP contribution in [-0.2, 0) is 19.1 Å². The van der Waals surface area contributed by atoms with Gasteiger partial charge in [-0.2, -0.15) is 0 Å². The molecule has 0 radical (unpaired) electrons. The molecule has 1 aliphatic carbocycles. The molecule has 0 heterocycles. The molecule has 0 bridgehead atoms. The van der Waals surface area contributed by atoms with E-state index in [4.69, 9.17) is 9.47 Å². The quantitative estimate of drug-likeness (QED) is 0.515. The molecule has 2 atom stereocenters. The number of aliphatic carboxylic acids is 1. The smallest absolute Gasteiger partial charge is 0.338 e. The van der Waals surface area contributed by atoms with Crippen LogP contribution in [-0.4, -0.2) is 42.1 Å². The van der Waals surface area contributed by atoms with Gasteiger partial charge in [0, 0.05) is 5.69 Å². The number of esters is 2. The van der Waals surface area contributed by atoms with Crippen molar-refractivity contribution in [1.29, 1.82) is 0 Å². The molecular formula is C22H27NO7. The number of carboxylic acids is 1. The maximum Gasteiger partial charge on any atom is 0.338 e. The lowest BCUT2D eigenvalue weighted by molar-refractivity contribution is -0.146. The summed E-state index contributed by atoms with van der Waals surface area (Å²) in [6, 6.07) is 4.12. The molecule has 1 aliphatic rings. The zero-order valence-electron chi connectivity index (χ0n) is 17.6. The van der Waals surface area contributed by atoms with Gasteiger partial charge >= 0.3 is 17.9 Å². The first-order valence-corrected chi connectivity index (χ1v) is 9.86. The van der Waals surface area contributed by atoms with Crippen molar-refractivity contribution in [2.75, 3.05) is 18.5 Å². The number of rotatable bonds is 7. The summed E-state index contributed by atoms with van der Waals surface area (Å²) in [5, 5.41) is 12.2. The van der Waals surface area contributed by atoms with Gasteiger partial charge in [0.1, 0.15) is 0 Å². The highest BCUT2D eigenvalue weighted by molar-refractivity contribution is 6.00. The molecule has 0 saturated carbocycles. The zero-order chi connectivity index (χ0) is 22.4. The van der Waals surface area contributed by atoms with Crippen LogP contribution in [0.5, 0.6) is 0 Å². The highest BCUT2D eigenvalue weighted by atomic mass is 16.5. The number of allylic oxidation sites excluding steroid dienone is 2. The minimum Gasteiger partial charge on any atom is -0.481 e. The van der Waals surface area contributed by atoms with E-state index in [2.05, 4.69) is 5.32 Å². The first kappa shape index (κ1) is 23.1. The number of carbonyl (C=O) groups excluding carboxylic acids is 3. The van der Waals surface area contributed by atoms with Crippen LogP contribution >= 0.6 is 0 Å². The van der Waals surface area contributed by atoms with Gasteiger partial charge in [0.25, 0.3) is 0 Å². The maximum absolute atomic E-state index is 12.9. The van der Waals surface area contributed by atoms with Crippen molar-refractivity contribution in [1.82, 2.24) is 0 Å². The summed E-state index contributed by atoms with van der Waals surface area (Å²) in [7, 11) is 0. The fourth-order valence-electron chi connectivity index (χ4n) is 3.43. The molecule has 162 valence electrons. The average Bonchev–Trinajstić information content (AvgIpc) is 2.69. The van der Waals surface area contributed by atoms with Crippen molar-refractivity contribution in [2.45, 2.75) is 40.5 Å². The highest BCUT2D eigenvalue weighted by Crippen LogP contribution is 2.35. The predicted molar refractivity (Wildman–Crippen MR) is 109 cm³/mol. The summed E-state index contributed by atoms with van der Waals surface area (Å²) in [5.74, 6) is -4.40. The first-order chi connectivity index (χ1) is 14.2. The van der Waals surface area contributed by atoms with E-state index in [0.29, 0.717) is 12.8 Å². The van der Waals surface area contributed by atoms with E-state index in [1.807, 2.05) is 13.8 Å². The Kier molecular flexibility index (Phi) is 7.74. The molecule has 0 spiro atoms. The van der Waals surface area contributed by atoms with E-state index in [-0.39, 0.29) is 30.0 Å². The summed E-state index contributed by atoms with van der Waals surface area (Å²) in [4.78, 5) is 48.9. The Morgan fingerprint density at radius 3 is 1.80 bits per heavy atom. The van der Waals surface area contributed by atoms with Gasteiger partial charge in [-0.1, -0.05) is 11.1 Å². The number of amides is 1. The fourth-order valence-corrected chi connectivity index (χ4v) is 3.43. The predicted octanol–water partition coefficient (Wildman–Crippen LogP) is 3.43. The molecule has 1 aromatic rings. The molecule has 0 unspecified atom stereocenters. The Balaban J connectivity index is 2.35. The van der Waals surface area contributed by atoms with Gasteiger partial charge in [0.2, 0.25) is 5.91 Å². The van der Waals surface area contributed by atoms with Crippen LogP contribution in [0.1, 0.15) is 61.3 Å². The Bertz CT molecular complexity index is 851. The molecule has 0 fully saturated rings. The molecular weight excluding hydrogens is 390 g/mol. The van der Waals surface area contributed by atoms with Crippen molar-refractivity contribution in [3.8, 4) is 0 Å². The van der Waals surface area contributed by atoms with Crippen LogP contribution in [0.4, 0.5) is 5.69 Å². The van der Waals surface area contributed by atoms with E-state index < -0.39 is 35.7 Å². The Labute approximate surface area is 175 Å². The van der Waals surface area contributed by atoms with Crippen LogP contribution in [0.15, 0.2) is 29.3 Å². The van der Waals surface area contributed by atoms with Gasteiger partial charge in [-0.15, -0.1) is 0 Å². The monoisotopic (exact) mass is 417 g/mol. The van der Waals surface area contributed by atoms with E-state index in [9.17, 15) is 24.3 Å². The minimum absolute atomic E-state index is 0.0862. The molecule has 8 heteroatoms. The van der Waals surface area contributed by atoms with Crippen LogP contribution in [0.25, 0.3) is 0 Å². The topological polar surface area (TPSA) is 119 Å². The Morgan fingerprint density at radius 1 is 0.900 bits per heavy atom. The minimum atomic E-state index is -1.03. The van der Waals surface area contributed by atoms with E-state index in [1.165, 1.54) is 18.2 Å². The Hall–Kier alpha value is -3.16. The summed E-state index contributed by atoms with van der Waals surface area (Å²) in [6.45, 7) is 7.36. The van der Waals surface area contributed by atoms with Gasteiger partial charge in [0.05, 0.1) is 36.2 Å². The lowest BCUT2D eigenvalue weighted by Crippen LogP contribution is -2.36. The van der Waals surface area contributed by atoms with Crippen molar-refractivity contribution >= 4 is 29.5 Å². The Morgan fingerprint density at radius 2 is 1.37 bits per heavy atom. The number of benzene rings is 1. The maximum atomic E-state index is 12.9. The fraction of sp³-hybridized carbons (Fsp3) is 0.455. The molecule has 2 rings (SSSR count). The average molecular weight is 417 g/mol. The number of ether oxygens (including phenoxy) is 2. The summed E-state index contributed by atoms with van der Waals surface area (Å²) in [6.07, 6.45) is 0.632. The van der Waals surface area contributed by atoms with Crippen molar-refractivity contribution in [3.05, 3.63) is 40.5 Å². The summed E-state index contributed by atoms with van der Waals surface area (Å²) < 4.78 is 9.97. The first-order valence-electron chi connectivity index (χ1n) is 9.86. The summed E-state index contributed by atoms with van der Waals surface area (Å²) in [5.41, 5.74) is 2.33. The number of hydrogen-bond donors (Lipinski definition) is 2. The number of carboxylic acid groups (broad SMARTS) is 1. The van der Waals surface area contributed by atoms with E-state index in [1.54, 1.807) is 13.8 Å². The van der Waals surface area contributed by atoms with E-state index in [0.717, 1.165) is 11.1 Å². The van der Waals surface area contributed by atoms with Crippen LogP contribution in [0.3, 0.4) is 0 Å². The van der Waals surface area contributed by atoms with Crippen molar-refractivity contribution < 1.29 is 33.8 Å². The third kappa shape index (κ3) is 5.46. The van der Waals surface area contributed by atoms with Crippen LogP contribution in [0.2, 0.25) is 0 Å². The van der Waals surface area contributed by atoms with Crippen LogP contribution < -0.4 is 5.32 Å². The lowest BCUT2D eigenvalue weighted by Gasteiger charge is -2.29. The largest absolute Gasteiger partial charge is 0.481 e. The SMILES string of the molecule is CCOC(=O)c1cc(NC(=O)[C@@H]2CC(C)=C(C)C[C@@H]2C(=O)O)cc(C(=O)OCC)c1.